The molecule has 1 saturated heterocycles. The van der Waals surface area contributed by atoms with Crippen molar-refractivity contribution in [2.75, 3.05) is 42.1 Å². The van der Waals surface area contributed by atoms with Gasteiger partial charge in [0.25, 0.3) is 5.91 Å². The predicted octanol–water partition coefficient (Wildman–Crippen LogP) is 3.89. The number of rotatable bonds is 8. The zero-order valence-electron chi connectivity index (χ0n) is 22.9. The van der Waals surface area contributed by atoms with E-state index in [0.717, 1.165) is 28.4 Å². The molecule has 0 radical (unpaired) electrons. The number of benzene rings is 3. The van der Waals surface area contributed by atoms with Gasteiger partial charge in [-0.2, -0.15) is 0 Å². The van der Waals surface area contributed by atoms with Crippen LogP contribution in [-0.4, -0.2) is 68.2 Å². The third-order valence-electron chi connectivity index (χ3n) is 7.27. The summed E-state index contributed by atoms with van der Waals surface area (Å²) >= 11 is 6.07. The minimum atomic E-state index is -3.44. The molecule has 3 aromatic carbocycles. The van der Waals surface area contributed by atoms with Crippen molar-refractivity contribution in [1.82, 2.24) is 14.8 Å². The molecule has 2 heterocycles. The van der Waals surface area contributed by atoms with Gasteiger partial charge in [0.05, 0.1) is 17.6 Å². The summed E-state index contributed by atoms with van der Waals surface area (Å²) in [7, 11) is -1.61. The van der Waals surface area contributed by atoms with Crippen molar-refractivity contribution in [3.63, 3.8) is 0 Å². The highest BCUT2D eigenvalue weighted by Gasteiger charge is 2.30. The number of nitrogens with zero attached hydrogens (tertiary/aromatic N) is 3. The molecule has 0 bridgehead atoms. The number of aromatic nitrogens is 1. The van der Waals surface area contributed by atoms with Crippen LogP contribution >= 0.6 is 11.6 Å². The maximum atomic E-state index is 13.9. The SMILES string of the molecule is Cn1c(C(=O)NC(Cc2ccc(Cl)cc2)C(=O)N2CCN(c3ccccc3NS(C)(=O)=O)CC2)cc2ccccc21. The van der Waals surface area contributed by atoms with Crippen LogP contribution in [0.15, 0.2) is 78.9 Å². The van der Waals surface area contributed by atoms with Gasteiger partial charge in [-0.3, -0.25) is 14.3 Å². The summed E-state index contributed by atoms with van der Waals surface area (Å²) in [6, 6.07) is 23.2. The van der Waals surface area contributed by atoms with E-state index < -0.39 is 16.1 Å². The lowest BCUT2D eigenvalue weighted by atomic mass is 10.0. The Morgan fingerprint density at radius 3 is 2.27 bits per heavy atom. The molecule has 41 heavy (non-hydrogen) atoms. The molecule has 0 saturated carbocycles. The smallest absolute Gasteiger partial charge is 0.268 e. The third kappa shape index (κ3) is 6.66. The maximum absolute atomic E-state index is 13.9. The van der Waals surface area contributed by atoms with E-state index in [1.165, 1.54) is 0 Å². The van der Waals surface area contributed by atoms with Gasteiger partial charge >= 0.3 is 0 Å². The molecule has 0 spiro atoms. The quantitative estimate of drug-likeness (QED) is 0.323. The van der Waals surface area contributed by atoms with E-state index in [2.05, 4.69) is 14.9 Å². The van der Waals surface area contributed by atoms with Crippen LogP contribution in [0.1, 0.15) is 16.1 Å². The fourth-order valence-corrected chi connectivity index (χ4v) is 5.92. The van der Waals surface area contributed by atoms with Crippen molar-refractivity contribution >= 4 is 55.7 Å². The highest BCUT2D eigenvalue weighted by Crippen LogP contribution is 2.27. The molecule has 9 nitrogen and oxygen atoms in total. The Kier molecular flexibility index (Phi) is 8.23. The Balaban J connectivity index is 1.33. The molecule has 4 aromatic rings. The Hall–Kier alpha value is -4.02. The number of fused-ring (bicyclic) bond motifs is 1. The second kappa shape index (κ2) is 11.8. The molecule has 2 amide bonds. The van der Waals surface area contributed by atoms with Crippen molar-refractivity contribution in [3.8, 4) is 0 Å². The highest BCUT2D eigenvalue weighted by atomic mass is 35.5. The summed E-state index contributed by atoms with van der Waals surface area (Å²) < 4.78 is 28.1. The minimum Gasteiger partial charge on any atom is -0.366 e. The summed E-state index contributed by atoms with van der Waals surface area (Å²) in [5.41, 5.74) is 3.54. The number of halogens is 1. The number of nitrogens with one attached hydrogen (secondary N) is 2. The van der Waals surface area contributed by atoms with Gasteiger partial charge in [-0.05, 0) is 42.0 Å². The molecular formula is C30H32ClN5O4S. The van der Waals surface area contributed by atoms with Crippen molar-refractivity contribution in [2.24, 2.45) is 7.05 Å². The highest BCUT2D eigenvalue weighted by molar-refractivity contribution is 7.92. The molecule has 1 atom stereocenters. The molecule has 1 fully saturated rings. The third-order valence-corrected chi connectivity index (χ3v) is 8.11. The maximum Gasteiger partial charge on any atom is 0.268 e. The average Bonchev–Trinajstić information content (AvgIpc) is 3.29. The number of sulfonamides is 1. The standard InChI is InChI=1S/C30H32ClN5O4S/c1-34-26-9-5-3-7-22(26)20-28(34)29(37)32-25(19-21-11-13-23(31)14-12-21)30(38)36-17-15-35(16-18-36)27-10-6-4-8-24(27)33-41(2,39)40/h3-14,20,25,33H,15-19H2,1-2H3,(H,32,37). The van der Waals surface area contributed by atoms with Gasteiger partial charge in [-0.15, -0.1) is 0 Å². The van der Waals surface area contributed by atoms with Gasteiger partial charge in [-0.1, -0.05) is 54.1 Å². The van der Waals surface area contributed by atoms with Crippen LogP contribution in [0.25, 0.3) is 10.9 Å². The fraction of sp³-hybridized carbons (Fsp3) is 0.267. The molecular weight excluding hydrogens is 562 g/mol. The average molecular weight is 594 g/mol. The summed E-state index contributed by atoms with van der Waals surface area (Å²) in [5, 5.41) is 4.54. The largest absolute Gasteiger partial charge is 0.366 e. The number of amides is 2. The van der Waals surface area contributed by atoms with Crippen LogP contribution in [0.2, 0.25) is 5.02 Å². The van der Waals surface area contributed by atoms with E-state index in [1.54, 1.807) is 29.2 Å². The topological polar surface area (TPSA) is 104 Å². The van der Waals surface area contributed by atoms with Crippen molar-refractivity contribution in [2.45, 2.75) is 12.5 Å². The van der Waals surface area contributed by atoms with Gasteiger partial charge in [0.15, 0.2) is 0 Å². The Morgan fingerprint density at radius 2 is 1.59 bits per heavy atom. The minimum absolute atomic E-state index is 0.172. The van der Waals surface area contributed by atoms with Crippen LogP contribution in [0.5, 0.6) is 0 Å². The van der Waals surface area contributed by atoms with Crippen LogP contribution in [0.4, 0.5) is 11.4 Å². The van der Waals surface area contributed by atoms with Crippen molar-refractivity contribution in [3.05, 3.63) is 95.1 Å². The first kappa shape index (κ1) is 28.5. The molecule has 1 aliphatic rings. The first-order valence-electron chi connectivity index (χ1n) is 13.3. The fourth-order valence-electron chi connectivity index (χ4n) is 5.22. The van der Waals surface area contributed by atoms with E-state index in [1.807, 2.05) is 66.2 Å². The van der Waals surface area contributed by atoms with Crippen LogP contribution in [-0.2, 0) is 28.3 Å². The monoisotopic (exact) mass is 593 g/mol. The van der Waals surface area contributed by atoms with Gasteiger partial charge in [0.2, 0.25) is 15.9 Å². The number of hydrogen-bond acceptors (Lipinski definition) is 5. The van der Waals surface area contributed by atoms with E-state index in [4.69, 9.17) is 11.6 Å². The molecule has 1 unspecified atom stereocenters. The lowest BCUT2D eigenvalue weighted by Gasteiger charge is -2.38. The lowest BCUT2D eigenvalue weighted by molar-refractivity contribution is -0.133. The summed E-state index contributed by atoms with van der Waals surface area (Å²) in [6.45, 7) is 1.87. The molecule has 0 aliphatic carbocycles. The zero-order chi connectivity index (χ0) is 29.1. The molecule has 11 heteroatoms. The molecule has 5 rings (SSSR count). The van der Waals surface area contributed by atoms with E-state index in [0.29, 0.717) is 49.0 Å². The molecule has 214 valence electrons. The Bertz CT molecular complexity index is 1680. The van der Waals surface area contributed by atoms with Crippen LogP contribution in [0, 0.1) is 0 Å². The number of carbonyl (C=O) groups is 2. The van der Waals surface area contributed by atoms with E-state index >= 15 is 0 Å². The van der Waals surface area contributed by atoms with E-state index in [-0.39, 0.29) is 11.8 Å². The van der Waals surface area contributed by atoms with Crippen LogP contribution < -0.4 is 14.9 Å². The van der Waals surface area contributed by atoms with Crippen molar-refractivity contribution in [1.29, 1.82) is 0 Å². The van der Waals surface area contributed by atoms with Crippen LogP contribution in [0.3, 0.4) is 0 Å². The first-order chi connectivity index (χ1) is 19.6. The van der Waals surface area contributed by atoms with Gasteiger partial charge in [0, 0.05) is 55.6 Å². The summed E-state index contributed by atoms with van der Waals surface area (Å²) in [5.74, 6) is -0.496. The summed E-state index contributed by atoms with van der Waals surface area (Å²) in [6.07, 6.45) is 1.43. The number of anilines is 2. The molecule has 1 aromatic heterocycles. The van der Waals surface area contributed by atoms with Gasteiger partial charge in [0.1, 0.15) is 11.7 Å². The Morgan fingerprint density at radius 1 is 0.927 bits per heavy atom. The van der Waals surface area contributed by atoms with Crippen molar-refractivity contribution < 1.29 is 18.0 Å². The number of hydrogen-bond donors (Lipinski definition) is 2. The normalized spacial score (nSPS) is 14.6. The molecule has 2 N–H and O–H groups in total. The van der Waals surface area contributed by atoms with Gasteiger partial charge < -0.3 is 19.7 Å². The number of aryl methyl sites for hydroxylation is 1. The van der Waals surface area contributed by atoms with E-state index in [9.17, 15) is 18.0 Å². The number of carbonyl (C=O) groups excluding carboxylic acids is 2. The molecule has 1 aliphatic heterocycles. The summed E-state index contributed by atoms with van der Waals surface area (Å²) in [4.78, 5) is 31.1. The number of para-hydroxylation sites is 3. The first-order valence-corrected chi connectivity index (χ1v) is 15.6. The Labute approximate surface area is 244 Å². The predicted molar refractivity (Wildman–Crippen MR) is 163 cm³/mol. The van der Waals surface area contributed by atoms with Gasteiger partial charge in [-0.25, -0.2) is 8.42 Å². The lowest BCUT2D eigenvalue weighted by Crippen LogP contribution is -2.55. The second-order valence-corrected chi connectivity index (χ2v) is 12.4. The second-order valence-electron chi connectivity index (χ2n) is 10.2. The zero-order valence-corrected chi connectivity index (χ0v) is 24.5. The number of piperazine rings is 1.